The zero-order valence-corrected chi connectivity index (χ0v) is 10.6. The SMILES string of the molecule is CC1CCn2ccc3c(F)ccc1c32.CNC. The van der Waals surface area contributed by atoms with Crippen LogP contribution in [0.3, 0.4) is 0 Å². The van der Waals surface area contributed by atoms with Crippen molar-refractivity contribution in [2.45, 2.75) is 25.8 Å². The Bertz CT molecular complexity index is 516. The largest absolute Gasteiger partial charge is 0.347 e. The molecule has 92 valence electrons. The Balaban J connectivity index is 0.000000329. The molecular formula is C14H19FN2. The molecule has 1 atom stereocenters. The van der Waals surface area contributed by atoms with E-state index < -0.39 is 0 Å². The van der Waals surface area contributed by atoms with E-state index in [1.54, 1.807) is 6.07 Å². The average Bonchev–Trinajstić information content (AvgIpc) is 2.73. The number of benzene rings is 1. The molecule has 1 unspecified atom stereocenters. The molecule has 3 heteroatoms. The fraction of sp³-hybridized carbons (Fsp3) is 0.429. The lowest BCUT2D eigenvalue weighted by Crippen LogP contribution is -2.10. The number of halogens is 1. The topological polar surface area (TPSA) is 17.0 Å². The van der Waals surface area contributed by atoms with E-state index in [-0.39, 0.29) is 5.82 Å². The van der Waals surface area contributed by atoms with E-state index in [2.05, 4.69) is 16.8 Å². The third kappa shape index (κ3) is 2.07. The first kappa shape index (κ1) is 12.1. The second-order valence-electron chi connectivity index (χ2n) is 4.60. The molecule has 0 saturated carbocycles. The van der Waals surface area contributed by atoms with Crippen molar-refractivity contribution in [2.24, 2.45) is 0 Å². The highest BCUT2D eigenvalue weighted by Gasteiger charge is 2.19. The molecule has 0 aliphatic carbocycles. The summed E-state index contributed by atoms with van der Waals surface area (Å²) in [5.41, 5.74) is 2.39. The summed E-state index contributed by atoms with van der Waals surface area (Å²) in [5.74, 6) is 0.456. The molecule has 1 aliphatic heterocycles. The number of hydrogen-bond donors (Lipinski definition) is 1. The van der Waals surface area contributed by atoms with Gasteiger partial charge in [0.15, 0.2) is 0 Å². The number of nitrogens with one attached hydrogen (secondary N) is 1. The predicted octanol–water partition coefficient (Wildman–Crippen LogP) is 3.12. The summed E-state index contributed by atoms with van der Waals surface area (Å²) in [6, 6.07) is 5.40. The van der Waals surface area contributed by atoms with Gasteiger partial charge in [0.05, 0.1) is 5.52 Å². The summed E-state index contributed by atoms with van der Waals surface area (Å²) >= 11 is 0. The first-order chi connectivity index (χ1) is 8.19. The smallest absolute Gasteiger partial charge is 0.132 e. The Morgan fingerprint density at radius 1 is 1.29 bits per heavy atom. The van der Waals surface area contributed by atoms with Gasteiger partial charge in [-0.05, 0) is 44.1 Å². The Labute approximate surface area is 101 Å². The van der Waals surface area contributed by atoms with Gasteiger partial charge in [-0.3, -0.25) is 0 Å². The van der Waals surface area contributed by atoms with E-state index in [9.17, 15) is 4.39 Å². The van der Waals surface area contributed by atoms with E-state index in [1.807, 2.05) is 32.4 Å². The van der Waals surface area contributed by atoms with Gasteiger partial charge in [0.1, 0.15) is 5.82 Å². The Morgan fingerprint density at radius 3 is 2.71 bits per heavy atom. The van der Waals surface area contributed by atoms with Crippen LogP contribution >= 0.6 is 0 Å². The Kier molecular flexibility index (Phi) is 3.48. The lowest BCUT2D eigenvalue weighted by atomic mass is 9.93. The highest BCUT2D eigenvalue weighted by atomic mass is 19.1. The summed E-state index contributed by atoms with van der Waals surface area (Å²) in [4.78, 5) is 0. The first-order valence-corrected chi connectivity index (χ1v) is 6.04. The molecule has 1 aliphatic rings. The minimum absolute atomic E-state index is 0.100. The zero-order valence-electron chi connectivity index (χ0n) is 10.6. The number of hydrogen-bond acceptors (Lipinski definition) is 1. The van der Waals surface area contributed by atoms with Crippen molar-refractivity contribution in [1.29, 1.82) is 0 Å². The number of aromatic nitrogens is 1. The second kappa shape index (κ2) is 4.88. The van der Waals surface area contributed by atoms with Gasteiger partial charge >= 0.3 is 0 Å². The number of nitrogens with zero attached hydrogens (tertiary/aromatic N) is 1. The van der Waals surface area contributed by atoms with Gasteiger partial charge in [0.2, 0.25) is 0 Å². The molecule has 1 N–H and O–H groups in total. The molecule has 0 amide bonds. The van der Waals surface area contributed by atoms with Crippen LogP contribution in [0.25, 0.3) is 10.9 Å². The molecule has 2 heterocycles. The highest BCUT2D eigenvalue weighted by molar-refractivity contribution is 5.85. The molecule has 2 aromatic rings. The third-order valence-electron chi connectivity index (χ3n) is 3.24. The molecule has 0 spiro atoms. The summed E-state index contributed by atoms with van der Waals surface area (Å²) in [5, 5.41) is 3.52. The van der Waals surface area contributed by atoms with Gasteiger partial charge < -0.3 is 9.88 Å². The maximum absolute atomic E-state index is 13.5. The summed E-state index contributed by atoms with van der Waals surface area (Å²) in [6.07, 6.45) is 3.14. The molecule has 0 radical (unpaired) electrons. The van der Waals surface area contributed by atoms with Crippen LogP contribution < -0.4 is 5.32 Å². The molecular weight excluding hydrogens is 215 g/mol. The average molecular weight is 234 g/mol. The summed E-state index contributed by atoms with van der Waals surface area (Å²) < 4.78 is 15.6. The van der Waals surface area contributed by atoms with Crippen LogP contribution in [-0.4, -0.2) is 18.7 Å². The van der Waals surface area contributed by atoms with E-state index in [4.69, 9.17) is 0 Å². The van der Waals surface area contributed by atoms with E-state index >= 15 is 0 Å². The van der Waals surface area contributed by atoms with Crippen LogP contribution in [-0.2, 0) is 6.54 Å². The van der Waals surface area contributed by atoms with Crippen LogP contribution in [0.5, 0.6) is 0 Å². The van der Waals surface area contributed by atoms with Gasteiger partial charge in [-0.1, -0.05) is 13.0 Å². The Morgan fingerprint density at radius 2 is 2.00 bits per heavy atom. The van der Waals surface area contributed by atoms with Crippen molar-refractivity contribution in [3.8, 4) is 0 Å². The molecule has 3 rings (SSSR count). The van der Waals surface area contributed by atoms with Gasteiger partial charge in [-0.25, -0.2) is 4.39 Å². The van der Waals surface area contributed by atoms with Crippen molar-refractivity contribution in [1.82, 2.24) is 9.88 Å². The lowest BCUT2D eigenvalue weighted by Gasteiger charge is -2.21. The highest BCUT2D eigenvalue weighted by Crippen LogP contribution is 2.34. The minimum atomic E-state index is -0.100. The van der Waals surface area contributed by atoms with E-state index in [1.165, 1.54) is 5.56 Å². The van der Waals surface area contributed by atoms with Gasteiger partial charge in [-0.15, -0.1) is 0 Å². The zero-order chi connectivity index (χ0) is 12.4. The van der Waals surface area contributed by atoms with Crippen molar-refractivity contribution < 1.29 is 4.39 Å². The van der Waals surface area contributed by atoms with Gasteiger partial charge in [-0.2, -0.15) is 0 Å². The van der Waals surface area contributed by atoms with Crippen molar-refractivity contribution in [3.63, 3.8) is 0 Å². The number of rotatable bonds is 0. The van der Waals surface area contributed by atoms with Crippen molar-refractivity contribution >= 4 is 10.9 Å². The lowest BCUT2D eigenvalue weighted by molar-refractivity contribution is 0.560. The van der Waals surface area contributed by atoms with Crippen molar-refractivity contribution in [2.75, 3.05) is 14.1 Å². The summed E-state index contributed by atoms with van der Waals surface area (Å²) in [7, 11) is 3.75. The molecule has 0 fully saturated rings. The van der Waals surface area contributed by atoms with E-state index in [0.717, 1.165) is 23.9 Å². The van der Waals surface area contributed by atoms with Gasteiger partial charge in [0.25, 0.3) is 0 Å². The quantitative estimate of drug-likeness (QED) is 0.741. The van der Waals surface area contributed by atoms with Crippen LogP contribution in [0.15, 0.2) is 24.4 Å². The van der Waals surface area contributed by atoms with Crippen LogP contribution in [0, 0.1) is 5.82 Å². The molecule has 0 saturated heterocycles. The monoisotopic (exact) mass is 234 g/mol. The second-order valence-corrected chi connectivity index (χ2v) is 4.60. The maximum Gasteiger partial charge on any atom is 0.132 e. The standard InChI is InChI=1S/C12H12FN.C2H7N/c1-8-4-6-14-7-5-10-11(13)3-2-9(8)12(10)14;1-3-2/h2-3,5,7-8H,4,6H2,1H3;3H,1-2H3. The molecule has 0 bridgehead atoms. The molecule has 1 aromatic heterocycles. The van der Waals surface area contributed by atoms with Crippen LogP contribution in [0.4, 0.5) is 4.39 Å². The minimum Gasteiger partial charge on any atom is -0.347 e. The number of aryl methyl sites for hydroxylation is 1. The maximum atomic E-state index is 13.5. The fourth-order valence-corrected chi connectivity index (χ4v) is 2.39. The first-order valence-electron chi connectivity index (χ1n) is 6.04. The van der Waals surface area contributed by atoms with Crippen molar-refractivity contribution in [3.05, 3.63) is 35.8 Å². The Hall–Kier alpha value is -1.35. The van der Waals surface area contributed by atoms with E-state index in [0.29, 0.717) is 5.92 Å². The van der Waals surface area contributed by atoms with Crippen LogP contribution in [0.1, 0.15) is 24.8 Å². The molecule has 17 heavy (non-hydrogen) atoms. The normalized spacial score (nSPS) is 17.8. The van der Waals surface area contributed by atoms with Crippen LogP contribution in [0.2, 0.25) is 0 Å². The third-order valence-corrected chi connectivity index (χ3v) is 3.24. The van der Waals surface area contributed by atoms with Gasteiger partial charge in [0, 0.05) is 18.1 Å². The predicted molar refractivity (Wildman–Crippen MR) is 69.9 cm³/mol. The molecule has 1 aromatic carbocycles. The fourth-order valence-electron chi connectivity index (χ4n) is 2.39. The molecule has 2 nitrogen and oxygen atoms in total. The summed E-state index contributed by atoms with van der Waals surface area (Å²) in [6.45, 7) is 3.23.